The molecule has 1 aromatic rings. The fourth-order valence-corrected chi connectivity index (χ4v) is 2.05. The summed E-state index contributed by atoms with van der Waals surface area (Å²) >= 11 is 0. The fraction of sp³-hybridized carbons (Fsp3) is 0.500. The minimum Gasteiger partial charge on any atom is -0.339 e. The van der Waals surface area contributed by atoms with Gasteiger partial charge in [0.2, 0.25) is 5.91 Å². The predicted molar refractivity (Wildman–Crippen MR) is 71.5 cm³/mol. The Morgan fingerprint density at radius 3 is 2.78 bits per heavy atom. The van der Waals surface area contributed by atoms with Crippen molar-refractivity contribution in [3.63, 3.8) is 0 Å². The maximum absolute atomic E-state index is 11.8. The molecule has 0 aromatic heterocycles. The van der Waals surface area contributed by atoms with Crippen LogP contribution in [0, 0.1) is 5.92 Å². The Morgan fingerprint density at radius 2 is 2.11 bits per heavy atom. The Hall–Kier alpha value is -1.39. The van der Waals surface area contributed by atoms with Crippen molar-refractivity contribution in [2.24, 2.45) is 5.92 Å². The van der Waals surface area contributed by atoms with Gasteiger partial charge >= 0.3 is 0 Å². The average molecular weight is 247 g/mol. The molecule has 98 valence electrons. The van der Waals surface area contributed by atoms with Crippen LogP contribution < -0.4 is 16.2 Å². The first kappa shape index (κ1) is 13.1. The van der Waals surface area contributed by atoms with Crippen LogP contribution in [-0.4, -0.2) is 12.1 Å². The third-order valence-corrected chi connectivity index (χ3v) is 3.48. The van der Waals surface area contributed by atoms with Crippen molar-refractivity contribution in [2.45, 2.75) is 38.9 Å². The number of amides is 1. The van der Waals surface area contributed by atoms with Gasteiger partial charge in [-0.3, -0.25) is 4.79 Å². The molecule has 1 aliphatic rings. The number of carbonyl (C=O) groups excluding carboxylic acids is 1. The lowest BCUT2D eigenvalue weighted by atomic mass is 10.0. The molecule has 0 spiro atoms. The Kier molecular flexibility index (Phi) is 4.33. The summed E-state index contributed by atoms with van der Waals surface area (Å²) in [5, 5.41) is 3.02. The first-order valence-corrected chi connectivity index (χ1v) is 6.57. The molecule has 0 aliphatic carbocycles. The zero-order valence-electron chi connectivity index (χ0n) is 10.9. The fourth-order valence-electron chi connectivity index (χ4n) is 2.05. The van der Waals surface area contributed by atoms with Crippen molar-refractivity contribution >= 4 is 5.91 Å². The molecule has 1 heterocycles. The second kappa shape index (κ2) is 5.98. The third kappa shape index (κ3) is 3.09. The molecule has 2 rings (SSSR count). The highest BCUT2D eigenvalue weighted by atomic mass is 16.2. The van der Waals surface area contributed by atoms with Crippen molar-refractivity contribution in [3.8, 4) is 0 Å². The van der Waals surface area contributed by atoms with Gasteiger partial charge in [0.25, 0.3) is 0 Å². The van der Waals surface area contributed by atoms with E-state index >= 15 is 0 Å². The third-order valence-electron chi connectivity index (χ3n) is 3.48. The molecule has 0 radical (unpaired) electrons. The summed E-state index contributed by atoms with van der Waals surface area (Å²) in [6, 6.07) is 10.5. The van der Waals surface area contributed by atoms with E-state index in [1.807, 2.05) is 32.0 Å². The van der Waals surface area contributed by atoms with Crippen LogP contribution in [0.1, 0.15) is 38.3 Å². The Bertz CT molecular complexity index is 393. The van der Waals surface area contributed by atoms with E-state index in [1.54, 1.807) is 0 Å². The van der Waals surface area contributed by atoms with Crippen molar-refractivity contribution < 1.29 is 4.79 Å². The molecule has 1 amide bonds. The van der Waals surface area contributed by atoms with Gasteiger partial charge in [0.1, 0.15) is 0 Å². The Labute approximate surface area is 108 Å². The van der Waals surface area contributed by atoms with E-state index in [1.165, 1.54) is 5.56 Å². The van der Waals surface area contributed by atoms with E-state index in [0.29, 0.717) is 0 Å². The number of carbonyl (C=O) groups is 1. The van der Waals surface area contributed by atoms with E-state index in [9.17, 15) is 4.79 Å². The van der Waals surface area contributed by atoms with Gasteiger partial charge in [0.05, 0.1) is 6.17 Å². The molecule has 0 saturated carbocycles. The van der Waals surface area contributed by atoms with Gasteiger partial charge < -0.3 is 5.32 Å². The quantitative estimate of drug-likeness (QED) is 0.759. The maximum atomic E-state index is 11.8. The molecule has 1 aliphatic heterocycles. The summed E-state index contributed by atoms with van der Waals surface area (Å²) in [4.78, 5) is 11.8. The number of hydrazine groups is 1. The van der Waals surface area contributed by atoms with Gasteiger partial charge in [-0.05, 0) is 12.0 Å². The minimum atomic E-state index is 0.0108. The van der Waals surface area contributed by atoms with Crippen LogP contribution in [0.15, 0.2) is 30.3 Å². The van der Waals surface area contributed by atoms with Crippen LogP contribution in [0.3, 0.4) is 0 Å². The molecular weight excluding hydrogens is 226 g/mol. The lowest BCUT2D eigenvalue weighted by Gasteiger charge is -2.15. The van der Waals surface area contributed by atoms with Gasteiger partial charge in [-0.25, -0.2) is 10.9 Å². The lowest BCUT2D eigenvalue weighted by Crippen LogP contribution is -2.45. The number of hydrogen-bond acceptors (Lipinski definition) is 3. The topological polar surface area (TPSA) is 53.2 Å². The number of hydrogen-bond donors (Lipinski definition) is 3. The van der Waals surface area contributed by atoms with Crippen LogP contribution in [0.4, 0.5) is 0 Å². The van der Waals surface area contributed by atoms with Gasteiger partial charge in [-0.15, -0.1) is 0 Å². The predicted octanol–water partition coefficient (Wildman–Crippen LogP) is 1.71. The molecular formula is C14H21N3O. The SMILES string of the molecule is CCC(C)C(=O)NC1CC(c2ccccc2)NN1. The van der Waals surface area contributed by atoms with E-state index in [4.69, 9.17) is 0 Å². The number of nitrogens with one attached hydrogen (secondary N) is 3. The summed E-state index contributed by atoms with van der Waals surface area (Å²) in [6.45, 7) is 3.98. The smallest absolute Gasteiger partial charge is 0.224 e. The van der Waals surface area contributed by atoms with Crippen molar-refractivity contribution in [3.05, 3.63) is 35.9 Å². The first-order chi connectivity index (χ1) is 8.70. The van der Waals surface area contributed by atoms with Gasteiger partial charge in [0.15, 0.2) is 0 Å². The summed E-state index contributed by atoms with van der Waals surface area (Å²) in [7, 11) is 0. The zero-order chi connectivity index (χ0) is 13.0. The normalized spacial score (nSPS) is 24.8. The van der Waals surface area contributed by atoms with Crippen LogP contribution >= 0.6 is 0 Å². The molecule has 1 aromatic carbocycles. The molecule has 3 atom stereocenters. The van der Waals surface area contributed by atoms with Crippen LogP contribution in [-0.2, 0) is 4.79 Å². The van der Waals surface area contributed by atoms with Gasteiger partial charge in [0, 0.05) is 18.4 Å². The van der Waals surface area contributed by atoms with Crippen LogP contribution in [0.25, 0.3) is 0 Å². The Morgan fingerprint density at radius 1 is 1.39 bits per heavy atom. The summed E-state index contributed by atoms with van der Waals surface area (Å²) in [6.07, 6.45) is 1.75. The van der Waals surface area contributed by atoms with Gasteiger partial charge in [-0.2, -0.15) is 0 Å². The standard InChI is InChI=1S/C14H21N3O/c1-3-10(2)14(18)15-13-9-12(16-17-13)11-7-5-4-6-8-11/h4-8,10,12-13,16-17H,3,9H2,1-2H3,(H,15,18). The minimum absolute atomic E-state index is 0.0108. The van der Waals surface area contributed by atoms with E-state index in [0.717, 1.165) is 12.8 Å². The second-order valence-electron chi connectivity index (χ2n) is 4.86. The highest BCUT2D eigenvalue weighted by Crippen LogP contribution is 2.20. The molecule has 18 heavy (non-hydrogen) atoms. The molecule has 0 bridgehead atoms. The molecule has 3 unspecified atom stereocenters. The zero-order valence-corrected chi connectivity index (χ0v) is 10.9. The molecule has 1 saturated heterocycles. The van der Waals surface area contributed by atoms with E-state index < -0.39 is 0 Å². The van der Waals surface area contributed by atoms with Crippen LogP contribution in [0.5, 0.6) is 0 Å². The largest absolute Gasteiger partial charge is 0.339 e. The highest BCUT2D eigenvalue weighted by Gasteiger charge is 2.26. The number of benzene rings is 1. The molecule has 4 nitrogen and oxygen atoms in total. The van der Waals surface area contributed by atoms with E-state index in [-0.39, 0.29) is 24.0 Å². The first-order valence-electron chi connectivity index (χ1n) is 6.57. The van der Waals surface area contributed by atoms with E-state index in [2.05, 4.69) is 28.3 Å². The van der Waals surface area contributed by atoms with Crippen LogP contribution in [0.2, 0.25) is 0 Å². The average Bonchev–Trinajstić information content (AvgIpc) is 2.87. The van der Waals surface area contributed by atoms with Crippen molar-refractivity contribution in [1.29, 1.82) is 0 Å². The monoisotopic (exact) mass is 247 g/mol. The molecule has 3 N–H and O–H groups in total. The van der Waals surface area contributed by atoms with Crippen molar-refractivity contribution in [2.75, 3.05) is 0 Å². The molecule has 4 heteroatoms. The summed E-state index contributed by atoms with van der Waals surface area (Å²) in [5.41, 5.74) is 7.59. The van der Waals surface area contributed by atoms with Gasteiger partial charge in [-0.1, -0.05) is 44.2 Å². The van der Waals surface area contributed by atoms with Crippen molar-refractivity contribution in [1.82, 2.24) is 16.2 Å². The number of rotatable bonds is 4. The Balaban J connectivity index is 1.87. The lowest BCUT2D eigenvalue weighted by molar-refractivity contribution is -0.125. The molecule has 1 fully saturated rings. The highest BCUT2D eigenvalue weighted by molar-refractivity contribution is 5.78. The second-order valence-corrected chi connectivity index (χ2v) is 4.86. The summed E-state index contributed by atoms with van der Waals surface area (Å²) < 4.78 is 0. The summed E-state index contributed by atoms with van der Waals surface area (Å²) in [5.74, 6) is 0.188. The maximum Gasteiger partial charge on any atom is 0.224 e.